The number of hydrogen-bond acceptors (Lipinski definition) is 3. The number of aliphatic hydroxyl groups is 1. The number of para-hydroxylation sites is 1. The molecule has 0 amide bonds. The summed E-state index contributed by atoms with van der Waals surface area (Å²) in [5, 5.41) is 18.4. The van der Waals surface area contributed by atoms with Crippen molar-refractivity contribution in [3.05, 3.63) is 54.1 Å². The van der Waals surface area contributed by atoms with Gasteiger partial charge in [-0.3, -0.25) is 0 Å². The van der Waals surface area contributed by atoms with Crippen molar-refractivity contribution in [3.8, 4) is 22.9 Å². The largest absolute Gasteiger partial charge is 0.493 e. The van der Waals surface area contributed by atoms with Gasteiger partial charge in [-0.25, -0.2) is 0 Å². The van der Waals surface area contributed by atoms with Gasteiger partial charge in [0, 0.05) is 5.56 Å². The Morgan fingerprint density at radius 1 is 1.14 bits per heavy atom. The molecule has 0 bridgehead atoms. The minimum Gasteiger partial charge on any atom is -0.493 e. The van der Waals surface area contributed by atoms with Gasteiger partial charge in [0.1, 0.15) is 5.75 Å². The number of nitrogens with zero attached hydrogens (tertiary/aromatic N) is 1. The van der Waals surface area contributed by atoms with E-state index in [1.807, 2.05) is 55.5 Å². The van der Waals surface area contributed by atoms with Gasteiger partial charge in [0.05, 0.1) is 24.3 Å². The van der Waals surface area contributed by atoms with Crippen LogP contribution >= 0.6 is 0 Å². The second-order valence-electron chi connectivity index (χ2n) is 5.24. The van der Waals surface area contributed by atoms with E-state index in [0.29, 0.717) is 12.2 Å². The van der Waals surface area contributed by atoms with Gasteiger partial charge in [0.15, 0.2) is 0 Å². The van der Waals surface area contributed by atoms with Gasteiger partial charge in [-0.05, 0) is 43.0 Å². The van der Waals surface area contributed by atoms with Crippen LogP contribution in [-0.4, -0.2) is 17.8 Å². The molecule has 0 fully saturated rings. The third-order valence-corrected chi connectivity index (χ3v) is 3.62. The molecule has 0 radical (unpaired) electrons. The average molecular weight is 295 g/mol. The van der Waals surface area contributed by atoms with Crippen molar-refractivity contribution in [2.24, 2.45) is 0 Å². The Hall–Kier alpha value is -2.31. The first-order valence-corrected chi connectivity index (χ1v) is 7.65. The zero-order valence-corrected chi connectivity index (χ0v) is 12.8. The van der Waals surface area contributed by atoms with Crippen LogP contribution in [-0.2, 0) is 0 Å². The van der Waals surface area contributed by atoms with E-state index in [1.165, 1.54) is 0 Å². The lowest BCUT2D eigenvalue weighted by atomic mass is 10.0. The minimum absolute atomic E-state index is 0.239. The Morgan fingerprint density at radius 2 is 1.86 bits per heavy atom. The van der Waals surface area contributed by atoms with Gasteiger partial charge in [0.2, 0.25) is 0 Å². The normalized spacial score (nSPS) is 11.7. The van der Waals surface area contributed by atoms with Crippen LogP contribution in [0.3, 0.4) is 0 Å². The second kappa shape index (κ2) is 8.21. The van der Waals surface area contributed by atoms with Crippen molar-refractivity contribution >= 4 is 0 Å². The van der Waals surface area contributed by atoms with Crippen molar-refractivity contribution in [2.75, 3.05) is 6.61 Å². The van der Waals surface area contributed by atoms with Crippen LogP contribution in [0.5, 0.6) is 5.75 Å². The second-order valence-corrected chi connectivity index (χ2v) is 5.24. The predicted molar refractivity (Wildman–Crippen MR) is 87.6 cm³/mol. The Kier molecular flexibility index (Phi) is 6.00. The smallest absolute Gasteiger partial charge is 0.127 e. The number of benzene rings is 2. The zero-order valence-electron chi connectivity index (χ0n) is 12.8. The molecule has 114 valence electrons. The van der Waals surface area contributed by atoms with Crippen molar-refractivity contribution in [3.63, 3.8) is 0 Å². The number of hydrogen-bond donors (Lipinski definition) is 1. The lowest BCUT2D eigenvalue weighted by molar-refractivity contribution is 0.149. The minimum atomic E-state index is -0.239. The van der Waals surface area contributed by atoms with E-state index < -0.39 is 0 Å². The average Bonchev–Trinajstić information content (AvgIpc) is 2.59. The summed E-state index contributed by atoms with van der Waals surface area (Å²) >= 11 is 0. The molecule has 0 aliphatic carbocycles. The molecular weight excluding hydrogens is 274 g/mol. The molecule has 0 spiro atoms. The molecule has 2 aromatic rings. The first-order chi connectivity index (χ1) is 10.7. The molecule has 1 atom stereocenters. The summed E-state index contributed by atoms with van der Waals surface area (Å²) < 4.78 is 5.87. The molecule has 0 saturated heterocycles. The van der Waals surface area contributed by atoms with E-state index in [2.05, 4.69) is 6.07 Å². The first kappa shape index (κ1) is 16.1. The lowest BCUT2D eigenvalue weighted by Crippen LogP contribution is -2.07. The standard InChI is InChI=1S/C19H21NO2/c1-2-17(21)6-5-13-22-19-8-4-3-7-18(19)16-11-9-15(14-20)10-12-16/h3-4,7-12,17,21H,2,5-6,13H2,1H3. The van der Waals surface area contributed by atoms with Crippen molar-refractivity contribution < 1.29 is 9.84 Å². The molecule has 3 heteroatoms. The van der Waals surface area contributed by atoms with Crippen molar-refractivity contribution in [2.45, 2.75) is 32.3 Å². The van der Waals surface area contributed by atoms with Gasteiger partial charge in [-0.1, -0.05) is 37.3 Å². The van der Waals surface area contributed by atoms with Gasteiger partial charge in [-0.2, -0.15) is 5.26 Å². The third-order valence-electron chi connectivity index (χ3n) is 3.62. The van der Waals surface area contributed by atoms with Crippen LogP contribution in [0, 0.1) is 11.3 Å². The van der Waals surface area contributed by atoms with Crippen LogP contribution in [0.2, 0.25) is 0 Å². The molecule has 0 aliphatic heterocycles. The molecule has 0 aromatic heterocycles. The molecular formula is C19H21NO2. The summed E-state index contributed by atoms with van der Waals surface area (Å²) in [5.41, 5.74) is 2.70. The fourth-order valence-electron chi connectivity index (χ4n) is 2.26. The molecule has 1 N–H and O–H groups in total. The van der Waals surface area contributed by atoms with E-state index in [9.17, 15) is 5.11 Å². The maximum Gasteiger partial charge on any atom is 0.127 e. The Balaban J connectivity index is 2.05. The quantitative estimate of drug-likeness (QED) is 0.780. The number of rotatable bonds is 7. The molecule has 0 heterocycles. The highest BCUT2D eigenvalue weighted by Crippen LogP contribution is 2.30. The Bertz CT molecular complexity index is 629. The van der Waals surface area contributed by atoms with Gasteiger partial charge in [-0.15, -0.1) is 0 Å². The lowest BCUT2D eigenvalue weighted by Gasteiger charge is -2.12. The number of aliphatic hydroxyl groups excluding tert-OH is 1. The fourth-order valence-corrected chi connectivity index (χ4v) is 2.26. The maximum absolute atomic E-state index is 9.56. The van der Waals surface area contributed by atoms with Gasteiger partial charge < -0.3 is 9.84 Å². The SMILES string of the molecule is CCC(O)CCCOc1ccccc1-c1ccc(C#N)cc1. The zero-order chi connectivity index (χ0) is 15.8. The monoisotopic (exact) mass is 295 g/mol. The molecule has 2 aromatic carbocycles. The molecule has 1 unspecified atom stereocenters. The molecule has 0 saturated carbocycles. The van der Waals surface area contributed by atoms with E-state index in [-0.39, 0.29) is 6.10 Å². The highest BCUT2D eigenvalue weighted by molar-refractivity contribution is 5.70. The van der Waals surface area contributed by atoms with Crippen molar-refractivity contribution in [1.82, 2.24) is 0 Å². The molecule has 3 nitrogen and oxygen atoms in total. The summed E-state index contributed by atoms with van der Waals surface area (Å²) in [6, 6.07) is 17.5. The summed E-state index contributed by atoms with van der Waals surface area (Å²) in [7, 11) is 0. The topological polar surface area (TPSA) is 53.2 Å². The van der Waals surface area contributed by atoms with Crippen LogP contribution in [0.1, 0.15) is 31.7 Å². The van der Waals surface area contributed by atoms with Crippen LogP contribution in [0.4, 0.5) is 0 Å². The number of nitriles is 1. The summed E-state index contributed by atoms with van der Waals surface area (Å²) in [6.45, 7) is 2.57. The van der Waals surface area contributed by atoms with E-state index in [4.69, 9.17) is 10.00 Å². The molecule has 2 rings (SSSR count). The van der Waals surface area contributed by atoms with Gasteiger partial charge >= 0.3 is 0 Å². The number of ether oxygens (including phenoxy) is 1. The van der Waals surface area contributed by atoms with Crippen LogP contribution in [0.25, 0.3) is 11.1 Å². The summed E-state index contributed by atoms with van der Waals surface area (Å²) in [4.78, 5) is 0. The van der Waals surface area contributed by atoms with E-state index in [0.717, 1.165) is 36.1 Å². The van der Waals surface area contributed by atoms with Crippen LogP contribution in [0.15, 0.2) is 48.5 Å². The Morgan fingerprint density at radius 3 is 2.55 bits per heavy atom. The maximum atomic E-state index is 9.56. The summed E-state index contributed by atoms with van der Waals surface area (Å²) in [6.07, 6.45) is 2.13. The van der Waals surface area contributed by atoms with Gasteiger partial charge in [0.25, 0.3) is 0 Å². The Labute approximate surface area is 131 Å². The first-order valence-electron chi connectivity index (χ1n) is 7.65. The van der Waals surface area contributed by atoms with E-state index >= 15 is 0 Å². The summed E-state index contributed by atoms with van der Waals surface area (Å²) in [5.74, 6) is 0.832. The van der Waals surface area contributed by atoms with Crippen molar-refractivity contribution in [1.29, 1.82) is 5.26 Å². The fraction of sp³-hybridized carbons (Fsp3) is 0.316. The highest BCUT2D eigenvalue weighted by Gasteiger charge is 2.06. The van der Waals surface area contributed by atoms with Crippen LogP contribution < -0.4 is 4.74 Å². The molecule has 22 heavy (non-hydrogen) atoms. The molecule has 0 aliphatic rings. The highest BCUT2D eigenvalue weighted by atomic mass is 16.5. The van der Waals surface area contributed by atoms with E-state index in [1.54, 1.807) is 0 Å². The predicted octanol–water partition coefficient (Wildman–Crippen LogP) is 4.16. The third kappa shape index (κ3) is 4.34.